The molecule has 102 valence electrons. The molecule has 1 unspecified atom stereocenters. The quantitative estimate of drug-likeness (QED) is 0.601. The number of hydrogen-bond donors (Lipinski definition) is 0. The zero-order valence-corrected chi connectivity index (χ0v) is 11.6. The highest BCUT2D eigenvalue weighted by Gasteiger charge is 2.07. The fourth-order valence-electron chi connectivity index (χ4n) is 2.41. The average molecular weight is 242 g/mol. The van der Waals surface area contributed by atoms with Crippen LogP contribution in [0.5, 0.6) is 0 Å². The second-order valence-electron chi connectivity index (χ2n) is 5.27. The Balaban J connectivity index is 2.16. The number of rotatable bonds is 1. The highest BCUT2D eigenvalue weighted by atomic mass is 17.2. The second kappa shape index (κ2) is 11.0. The maximum atomic E-state index is 5.47. The van der Waals surface area contributed by atoms with Crippen molar-refractivity contribution in [2.45, 2.75) is 90.1 Å². The molecule has 1 rings (SSSR count). The molecule has 1 saturated heterocycles. The van der Waals surface area contributed by atoms with Crippen LogP contribution >= 0.6 is 0 Å². The Morgan fingerprint density at radius 1 is 0.765 bits per heavy atom. The van der Waals surface area contributed by atoms with Crippen molar-refractivity contribution in [3.05, 3.63) is 0 Å². The third-order valence-corrected chi connectivity index (χ3v) is 3.66. The first-order valence-electron chi connectivity index (χ1n) is 7.71. The van der Waals surface area contributed by atoms with E-state index in [4.69, 9.17) is 9.78 Å². The molecule has 0 radical (unpaired) electrons. The Morgan fingerprint density at radius 2 is 1.29 bits per heavy atom. The van der Waals surface area contributed by atoms with E-state index in [1.165, 1.54) is 57.8 Å². The second-order valence-corrected chi connectivity index (χ2v) is 5.27. The summed E-state index contributed by atoms with van der Waals surface area (Å²) in [6, 6.07) is 0. The largest absolute Gasteiger partial charge is 0.236 e. The molecule has 0 bridgehead atoms. The van der Waals surface area contributed by atoms with Gasteiger partial charge in [-0.15, -0.1) is 0 Å². The van der Waals surface area contributed by atoms with Crippen LogP contribution in [0.15, 0.2) is 0 Å². The summed E-state index contributed by atoms with van der Waals surface area (Å²) in [4.78, 5) is 10.8. The molecule has 1 atom stereocenters. The third kappa shape index (κ3) is 8.62. The minimum Gasteiger partial charge on any atom is -0.236 e. The van der Waals surface area contributed by atoms with Crippen molar-refractivity contribution in [3.8, 4) is 0 Å². The molecule has 0 saturated carbocycles. The Hall–Kier alpha value is -0.0800. The van der Waals surface area contributed by atoms with Crippen molar-refractivity contribution in [2.75, 3.05) is 6.61 Å². The molecular formula is C15H30O2. The molecule has 17 heavy (non-hydrogen) atoms. The lowest BCUT2D eigenvalue weighted by Gasteiger charge is -2.14. The molecular weight excluding hydrogens is 212 g/mol. The van der Waals surface area contributed by atoms with Gasteiger partial charge in [0, 0.05) is 0 Å². The zero-order valence-electron chi connectivity index (χ0n) is 11.6. The van der Waals surface area contributed by atoms with Crippen LogP contribution in [0.2, 0.25) is 0 Å². The van der Waals surface area contributed by atoms with Crippen LogP contribution in [0.25, 0.3) is 0 Å². The molecule has 0 aromatic rings. The van der Waals surface area contributed by atoms with E-state index in [9.17, 15) is 0 Å². The summed E-state index contributed by atoms with van der Waals surface area (Å²) in [6.07, 6.45) is 16.1. The minimum absolute atomic E-state index is 0.320. The lowest BCUT2D eigenvalue weighted by atomic mass is 10.0. The molecule has 0 N–H and O–H groups in total. The van der Waals surface area contributed by atoms with Gasteiger partial charge in [0.2, 0.25) is 0 Å². The highest BCUT2D eigenvalue weighted by molar-refractivity contribution is 4.55. The first kappa shape index (κ1) is 15.0. The maximum Gasteiger partial charge on any atom is 0.0927 e. The smallest absolute Gasteiger partial charge is 0.0927 e. The summed E-state index contributed by atoms with van der Waals surface area (Å²) < 4.78 is 0. The summed E-state index contributed by atoms with van der Waals surface area (Å²) in [5, 5.41) is 0. The van der Waals surface area contributed by atoms with Gasteiger partial charge < -0.3 is 0 Å². The van der Waals surface area contributed by atoms with Gasteiger partial charge in [0.1, 0.15) is 0 Å². The molecule has 2 nitrogen and oxygen atoms in total. The SMILES string of the molecule is CCC1CCCCCCCCCCCCOO1. The zero-order chi connectivity index (χ0) is 12.2. The van der Waals surface area contributed by atoms with Gasteiger partial charge >= 0.3 is 0 Å². The summed E-state index contributed by atoms with van der Waals surface area (Å²) in [5.74, 6) is 0. The van der Waals surface area contributed by atoms with Crippen LogP contribution in [-0.4, -0.2) is 12.7 Å². The van der Waals surface area contributed by atoms with Gasteiger partial charge in [0.05, 0.1) is 12.7 Å². The van der Waals surface area contributed by atoms with Crippen molar-refractivity contribution in [3.63, 3.8) is 0 Å². The molecule has 0 aliphatic carbocycles. The van der Waals surface area contributed by atoms with Crippen LogP contribution in [0.1, 0.15) is 84.0 Å². The highest BCUT2D eigenvalue weighted by Crippen LogP contribution is 2.15. The minimum atomic E-state index is 0.320. The van der Waals surface area contributed by atoms with E-state index in [1.54, 1.807) is 0 Å². The summed E-state index contributed by atoms with van der Waals surface area (Å²) in [5.41, 5.74) is 0. The lowest BCUT2D eigenvalue weighted by molar-refractivity contribution is -0.326. The Labute approximate surface area is 107 Å². The maximum absolute atomic E-state index is 5.47. The third-order valence-electron chi connectivity index (χ3n) is 3.66. The molecule has 0 aromatic heterocycles. The summed E-state index contributed by atoms with van der Waals surface area (Å²) in [7, 11) is 0. The van der Waals surface area contributed by atoms with E-state index in [0.717, 1.165) is 25.9 Å². The van der Waals surface area contributed by atoms with Gasteiger partial charge in [-0.25, -0.2) is 9.78 Å². The molecule has 2 heteroatoms. The normalized spacial score (nSPS) is 27.0. The van der Waals surface area contributed by atoms with E-state index in [1.807, 2.05) is 0 Å². The Morgan fingerprint density at radius 3 is 1.88 bits per heavy atom. The van der Waals surface area contributed by atoms with E-state index >= 15 is 0 Å². The van der Waals surface area contributed by atoms with Crippen molar-refractivity contribution < 1.29 is 9.78 Å². The van der Waals surface area contributed by atoms with Crippen LogP contribution in [-0.2, 0) is 9.78 Å². The monoisotopic (exact) mass is 242 g/mol. The molecule has 1 fully saturated rings. The molecule has 0 amide bonds. The molecule has 1 heterocycles. The van der Waals surface area contributed by atoms with E-state index in [0.29, 0.717) is 6.10 Å². The van der Waals surface area contributed by atoms with Crippen molar-refractivity contribution in [1.82, 2.24) is 0 Å². The van der Waals surface area contributed by atoms with Gasteiger partial charge in [0.15, 0.2) is 0 Å². The molecule has 1 aliphatic rings. The summed E-state index contributed by atoms with van der Waals surface area (Å²) in [6.45, 7) is 2.96. The topological polar surface area (TPSA) is 18.5 Å². The molecule has 1 aliphatic heterocycles. The van der Waals surface area contributed by atoms with Crippen molar-refractivity contribution in [1.29, 1.82) is 0 Å². The fourth-order valence-corrected chi connectivity index (χ4v) is 2.41. The van der Waals surface area contributed by atoms with Crippen molar-refractivity contribution >= 4 is 0 Å². The fraction of sp³-hybridized carbons (Fsp3) is 1.00. The summed E-state index contributed by atoms with van der Waals surface area (Å²) >= 11 is 0. The number of hydrogen-bond acceptors (Lipinski definition) is 2. The van der Waals surface area contributed by atoms with Gasteiger partial charge in [-0.2, -0.15) is 0 Å². The van der Waals surface area contributed by atoms with Crippen LogP contribution in [0, 0.1) is 0 Å². The standard InChI is InChI=1S/C15H30O2/c1-2-15-13-11-9-7-5-3-4-6-8-10-12-14-16-17-15/h15H,2-14H2,1H3. The van der Waals surface area contributed by atoms with Crippen LogP contribution in [0.3, 0.4) is 0 Å². The first-order chi connectivity index (χ1) is 8.43. The van der Waals surface area contributed by atoms with Crippen LogP contribution in [0.4, 0.5) is 0 Å². The van der Waals surface area contributed by atoms with E-state index in [-0.39, 0.29) is 0 Å². The van der Waals surface area contributed by atoms with E-state index in [2.05, 4.69) is 6.92 Å². The van der Waals surface area contributed by atoms with E-state index < -0.39 is 0 Å². The predicted octanol–water partition coefficient (Wildman–Crippen LogP) is 5.02. The average Bonchev–Trinajstić information content (AvgIpc) is 2.36. The van der Waals surface area contributed by atoms with Crippen LogP contribution < -0.4 is 0 Å². The van der Waals surface area contributed by atoms with Gasteiger partial charge in [-0.3, -0.25) is 0 Å². The van der Waals surface area contributed by atoms with Gasteiger partial charge in [-0.1, -0.05) is 64.7 Å². The first-order valence-corrected chi connectivity index (χ1v) is 7.71. The Bertz CT molecular complexity index is 143. The predicted molar refractivity (Wildman–Crippen MR) is 71.9 cm³/mol. The lowest BCUT2D eigenvalue weighted by Crippen LogP contribution is -2.12. The van der Waals surface area contributed by atoms with Gasteiger partial charge in [-0.05, 0) is 19.3 Å². The van der Waals surface area contributed by atoms with Crippen molar-refractivity contribution in [2.24, 2.45) is 0 Å². The molecule has 0 aromatic carbocycles. The Kier molecular flexibility index (Phi) is 9.72. The molecule has 0 spiro atoms. The van der Waals surface area contributed by atoms with Gasteiger partial charge in [0.25, 0.3) is 0 Å².